The Labute approximate surface area is 330 Å². The van der Waals surface area contributed by atoms with E-state index < -0.39 is 11.7 Å². The smallest absolute Gasteiger partial charge is 0.201 e. The fourth-order valence-electron chi connectivity index (χ4n) is 10.4. The van der Waals surface area contributed by atoms with Gasteiger partial charge in [0.15, 0.2) is 5.75 Å². The quantitative estimate of drug-likeness (QED) is 0.196. The molecule has 2 unspecified atom stereocenters. The van der Waals surface area contributed by atoms with Crippen molar-refractivity contribution in [3.63, 3.8) is 0 Å². The van der Waals surface area contributed by atoms with Crippen LogP contribution in [0.3, 0.4) is 0 Å². The van der Waals surface area contributed by atoms with E-state index >= 15 is 0 Å². The summed E-state index contributed by atoms with van der Waals surface area (Å²) in [5.41, 5.74) is 12.8. The van der Waals surface area contributed by atoms with Gasteiger partial charge in [-0.05, 0) is 66.8 Å². The van der Waals surface area contributed by atoms with E-state index in [0.29, 0.717) is 0 Å². The fraction of sp³-hybridized carbons (Fsp3) is 0.0962. The third-order valence-corrected chi connectivity index (χ3v) is 12.5. The Bertz CT molecular complexity index is 3300. The molecule has 272 valence electrons. The second kappa shape index (κ2) is 11.9. The molecule has 12 rings (SSSR count). The van der Waals surface area contributed by atoms with Crippen LogP contribution in [0.5, 0.6) is 11.5 Å². The van der Waals surface area contributed by atoms with Gasteiger partial charge in [0.25, 0.3) is 0 Å². The highest BCUT2D eigenvalue weighted by Gasteiger charge is 2.51. The molecule has 2 atom stereocenters. The number of fused-ring (bicyclic) bond motifs is 13. The molecule has 57 heavy (non-hydrogen) atoms. The molecule has 5 nitrogen and oxygen atoms in total. The van der Waals surface area contributed by atoms with Gasteiger partial charge in [0.05, 0.1) is 38.7 Å². The van der Waals surface area contributed by atoms with Gasteiger partial charge in [-0.2, -0.15) is 0 Å². The van der Waals surface area contributed by atoms with E-state index in [2.05, 4.69) is 186 Å². The Morgan fingerprint density at radius 1 is 0.754 bits per heavy atom. The lowest BCUT2D eigenvalue weighted by Crippen LogP contribution is -2.39. The number of aliphatic imine (C=N–C) groups is 1. The Hall–Kier alpha value is -7.11. The van der Waals surface area contributed by atoms with E-state index in [1.54, 1.807) is 0 Å². The second-order valence-corrected chi connectivity index (χ2v) is 15.3. The van der Waals surface area contributed by atoms with Crippen LogP contribution in [0.2, 0.25) is 0 Å². The molecule has 0 saturated carbocycles. The maximum absolute atomic E-state index is 7.33. The molecule has 4 aliphatic rings. The first kappa shape index (κ1) is 32.2. The van der Waals surface area contributed by atoms with Crippen molar-refractivity contribution in [1.82, 2.24) is 9.13 Å². The molecule has 5 heterocycles. The first-order valence-electron chi connectivity index (χ1n) is 19.9. The van der Waals surface area contributed by atoms with Crippen LogP contribution in [0.25, 0.3) is 50.5 Å². The van der Waals surface area contributed by atoms with E-state index in [4.69, 9.17) is 9.73 Å². The molecule has 1 N–H and O–H groups in total. The van der Waals surface area contributed by atoms with Gasteiger partial charge in [-0.3, -0.25) is 4.57 Å². The monoisotopic (exact) mass is 734 g/mol. The highest BCUT2D eigenvalue weighted by atomic mass is 16.5. The Balaban J connectivity index is 1.24. The van der Waals surface area contributed by atoms with Crippen molar-refractivity contribution in [3.05, 3.63) is 202 Å². The SMILES string of the molecule is C=C/C=c1\c(=C/C)c2cccc3c2n1-c1ccccc1C31c2ccccc2Oc2c1ccc1c3ccccc3n(C3N=C(C4=CCCC=C4)c4ccccc4N3)c21. The minimum atomic E-state index is -0.695. The van der Waals surface area contributed by atoms with Gasteiger partial charge in [0.2, 0.25) is 6.29 Å². The van der Waals surface area contributed by atoms with Crippen LogP contribution in [-0.4, -0.2) is 14.8 Å². The zero-order valence-corrected chi connectivity index (χ0v) is 31.5. The van der Waals surface area contributed by atoms with Gasteiger partial charge < -0.3 is 14.6 Å². The lowest BCUT2D eigenvalue weighted by molar-refractivity contribution is 0.435. The molecule has 2 aromatic heterocycles. The van der Waals surface area contributed by atoms with Crippen LogP contribution in [0, 0.1) is 0 Å². The van der Waals surface area contributed by atoms with E-state index in [0.717, 1.165) is 85.3 Å². The lowest BCUT2D eigenvalue weighted by atomic mass is 9.61. The number of benzene rings is 6. The number of hydrogen-bond donors (Lipinski definition) is 1. The van der Waals surface area contributed by atoms with Crippen molar-refractivity contribution < 1.29 is 4.74 Å². The molecule has 6 aromatic carbocycles. The maximum atomic E-state index is 7.33. The number of rotatable bonds is 3. The van der Waals surface area contributed by atoms with Gasteiger partial charge >= 0.3 is 0 Å². The van der Waals surface area contributed by atoms with Crippen LogP contribution in [0.15, 0.2) is 169 Å². The number of hydrogen-bond acceptors (Lipinski definition) is 3. The zero-order chi connectivity index (χ0) is 37.8. The van der Waals surface area contributed by atoms with E-state index in [1.807, 2.05) is 6.08 Å². The third kappa shape index (κ3) is 4.15. The van der Waals surface area contributed by atoms with Gasteiger partial charge in [-0.15, -0.1) is 0 Å². The highest BCUT2D eigenvalue weighted by Crippen LogP contribution is 2.61. The Kier molecular flexibility index (Phi) is 6.74. The van der Waals surface area contributed by atoms with Crippen molar-refractivity contribution in [2.45, 2.75) is 31.5 Å². The van der Waals surface area contributed by atoms with Crippen LogP contribution in [-0.2, 0) is 5.41 Å². The van der Waals surface area contributed by atoms with E-state index in [-0.39, 0.29) is 0 Å². The minimum absolute atomic E-state index is 0.435. The number of allylic oxidation sites excluding steroid dienone is 5. The number of para-hydroxylation sites is 5. The molecule has 1 spiro atoms. The van der Waals surface area contributed by atoms with Crippen LogP contribution in [0.1, 0.15) is 53.9 Å². The van der Waals surface area contributed by atoms with Crippen LogP contribution < -0.4 is 20.6 Å². The first-order chi connectivity index (χ1) is 28.2. The van der Waals surface area contributed by atoms with Crippen LogP contribution >= 0.6 is 0 Å². The standard InChI is InChI=1S/C52H38N4O/c1-3-17-43-33(4-2)35-22-16-25-40-48(35)55(43)45-28-14-10-23-38(45)52(40)39-24-11-15-29-46(39)57-50-41(52)31-30-36-34-20-9-13-27-44(34)56(49(36)50)51-53-42-26-12-8-21-37(42)47(54-51)32-18-6-5-7-19-32/h3-4,6,8-31,51,53H,1,5,7H2,2H3/b33-4-,43-17+. The zero-order valence-electron chi connectivity index (χ0n) is 31.5. The largest absolute Gasteiger partial charge is 0.454 e. The van der Waals surface area contributed by atoms with Crippen molar-refractivity contribution in [2.75, 3.05) is 5.32 Å². The topological polar surface area (TPSA) is 43.5 Å². The molecular weight excluding hydrogens is 697 g/mol. The third-order valence-electron chi connectivity index (χ3n) is 12.5. The van der Waals surface area contributed by atoms with E-state index in [9.17, 15) is 0 Å². The normalized spacial score (nSPS) is 19.4. The van der Waals surface area contributed by atoms with Crippen molar-refractivity contribution in [1.29, 1.82) is 0 Å². The lowest BCUT2D eigenvalue weighted by Gasteiger charge is -2.45. The number of aromatic nitrogens is 2. The number of ether oxygens (including phenoxy) is 1. The summed E-state index contributed by atoms with van der Waals surface area (Å²) >= 11 is 0. The van der Waals surface area contributed by atoms with Crippen molar-refractivity contribution in [3.8, 4) is 17.2 Å². The summed E-state index contributed by atoms with van der Waals surface area (Å²) in [6, 6.07) is 46.3. The second-order valence-electron chi connectivity index (χ2n) is 15.3. The molecule has 5 heteroatoms. The predicted molar refractivity (Wildman–Crippen MR) is 234 cm³/mol. The average Bonchev–Trinajstić information content (AvgIpc) is 3.78. The predicted octanol–water partition coefficient (Wildman–Crippen LogP) is 11.0. The molecule has 1 aliphatic carbocycles. The molecule has 8 aromatic rings. The van der Waals surface area contributed by atoms with Gasteiger partial charge in [0.1, 0.15) is 5.75 Å². The molecule has 0 saturated heterocycles. The van der Waals surface area contributed by atoms with Crippen LogP contribution in [0.4, 0.5) is 5.69 Å². The summed E-state index contributed by atoms with van der Waals surface area (Å²) in [6.07, 6.45) is 14.7. The summed E-state index contributed by atoms with van der Waals surface area (Å²) < 4.78 is 12.2. The first-order valence-corrected chi connectivity index (χ1v) is 19.9. The van der Waals surface area contributed by atoms with E-state index in [1.165, 1.54) is 32.8 Å². The summed E-state index contributed by atoms with van der Waals surface area (Å²) in [5, 5.41) is 9.72. The van der Waals surface area contributed by atoms with Crippen molar-refractivity contribution >= 4 is 56.3 Å². The summed E-state index contributed by atoms with van der Waals surface area (Å²) in [4.78, 5) is 5.60. The molecule has 0 amide bonds. The molecule has 0 bridgehead atoms. The highest BCUT2D eigenvalue weighted by molar-refractivity contribution is 6.18. The molecule has 0 radical (unpaired) electrons. The molecule has 0 fully saturated rings. The minimum Gasteiger partial charge on any atom is -0.454 e. The maximum Gasteiger partial charge on any atom is 0.201 e. The summed E-state index contributed by atoms with van der Waals surface area (Å²) in [6.45, 7) is 6.26. The Morgan fingerprint density at radius 3 is 2.42 bits per heavy atom. The average molecular weight is 735 g/mol. The molecular formula is C52H38N4O. The number of nitrogens with zero attached hydrogens (tertiary/aromatic N) is 3. The fourth-order valence-corrected chi connectivity index (χ4v) is 10.4. The summed E-state index contributed by atoms with van der Waals surface area (Å²) in [7, 11) is 0. The van der Waals surface area contributed by atoms with Crippen molar-refractivity contribution in [2.24, 2.45) is 4.99 Å². The number of nitrogens with one attached hydrogen (secondary N) is 1. The van der Waals surface area contributed by atoms with Gasteiger partial charge in [0, 0.05) is 43.8 Å². The summed E-state index contributed by atoms with van der Waals surface area (Å²) in [5.74, 6) is 1.70. The van der Waals surface area contributed by atoms with Gasteiger partial charge in [-0.1, -0.05) is 140 Å². The van der Waals surface area contributed by atoms with Gasteiger partial charge in [-0.25, -0.2) is 4.99 Å². The molecule has 3 aliphatic heterocycles. The number of anilines is 1. The Morgan fingerprint density at radius 2 is 1.54 bits per heavy atom.